The van der Waals surface area contributed by atoms with E-state index in [9.17, 15) is 21.6 Å². The second-order valence-corrected chi connectivity index (χ2v) is 6.06. The molecule has 0 bridgehead atoms. The molecule has 0 radical (unpaired) electrons. The first-order valence-corrected chi connectivity index (χ1v) is 7.18. The average molecular weight is 331 g/mol. The highest BCUT2D eigenvalue weighted by molar-refractivity contribution is 7.92. The Bertz CT molecular complexity index is 557. The number of sulfone groups is 1. The number of hydrogen-bond acceptors (Lipinski definition) is 4. The number of rotatable bonds is 2. The van der Waals surface area contributed by atoms with Crippen molar-refractivity contribution in [3.63, 3.8) is 0 Å². The summed E-state index contributed by atoms with van der Waals surface area (Å²) in [4.78, 5) is 0.971. The molecule has 0 spiro atoms. The molecule has 20 heavy (non-hydrogen) atoms. The van der Waals surface area contributed by atoms with Gasteiger partial charge in [-0.25, -0.2) is 8.42 Å². The van der Waals surface area contributed by atoms with Crippen LogP contribution in [0, 0.1) is 0 Å². The van der Waals surface area contributed by atoms with Crippen LogP contribution in [0.3, 0.4) is 0 Å². The van der Waals surface area contributed by atoms with E-state index in [0.29, 0.717) is 26.2 Å². The molecule has 1 fully saturated rings. The van der Waals surface area contributed by atoms with Gasteiger partial charge in [0.1, 0.15) is 0 Å². The minimum Gasteiger partial charge on any atom is -0.368 e. The monoisotopic (exact) mass is 330 g/mol. The zero-order chi connectivity index (χ0) is 14.1. The molecule has 0 saturated carbocycles. The Hall–Kier alpha value is -0.990. The van der Waals surface area contributed by atoms with E-state index in [0.717, 1.165) is 6.07 Å². The van der Waals surface area contributed by atoms with Crippen molar-refractivity contribution in [1.29, 1.82) is 0 Å². The van der Waals surface area contributed by atoms with Gasteiger partial charge in [0.05, 0.1) is 10.6 Å². The van der Waals surface area contributed by atoms with Crippen LogP contribution < -0.4 is 10.2 Å². The molecule has 1 saturated heterocycles. The minimum atomic E-state index is -5.32. The number of benzene rings is 1. The van der Waals surface area contributed by atoms with Crippen LogP contribution in [-0.2, 0) is 9.84 Å². The predicted molar refractivity (Wildman–Crippen MR) is 72.0 cm³/mol. The summed E-state index contributed by atoms with van der Waals surface area (Å²) in [5.41, 5.74) is -5.17. The molecule has 0 aliphatic carbocycles. The molecule has 1 heterocycles. The van der Waals surface area contributed by atoms with Crippen molar-refractivity contribution in [1.82, 2.24) is 5.32 Å². The van der Waals surface area contributed by atoms with Gasteiger partial charge in [-0.1, -0.05) is 12.1 Å². The van der Waals surface area contributed by atoms with E-state index in [2.05, 4.69) is 5.32 Å². The van der Waals surface area contributed by atoms with E-state index in [4.69, 9.17) is 0 Å². The first-order valence-electron chi connectivity index (χ1n) is 5.70. The van der Waals surface area contributed by atoms with Crippen LogP contribution in [0.2, 0.25) is 0 Å². The highest BCUT2D eigenvalue weighted by atomic mass is 35.5. The van der Waals surface area contributed by atoms with Crippen LogP contribution in [-0.4, -0.2) is 40.1 Å². The number of alkyl halides is 3. The molecule has 1 aliphatic heterocycles. The molecular formula is C11H14ClF3N2O2S. The van der Waals surface area contributed by atoms with Gasteiger partial charge < -0.3 is 10.2 Å². The Morgan fingerprint density at radius 3 is 2.20 bits per heavy atom. The van der Waals surface area contributed by atoms with E-state index in [-0.39, 0.29) is 18.1 Å². The number of para-hydroxylation sites is 1. The van der Waals surface area contributed by atoms with Crippen LogP contribution in [0.4, 0.5) is 18.9 Å². The lowest BCUT2D eigenvalue weighted by atomic mass is 10.2. The average Bonchev–Trinajstić information content (AvgIpc) is 2.38. The fraction of sp³-hybridized carbons (Fsp3) is 0.455. The van der Waals surface area contributed by atoms with Gasteiger partial charge >= 0.3 is 5.51 Å². The van der Waals surface area contributed by atoms with E-state index < -0.39 is 20.2 Å². The van der Waals surface area contributed by atoms with Crippen LogP contribution in [0.1, 0.15) is 0 Å². The fourth-order valence-electron chi connectivity index (χ4n) is 1.98. The van der Waals surface area contributed by atoms with Gasteiger partial charge in [0.15, 0.2) is 0 Å². The molecule has 1 aliphatic rings. The smallest absolute Gasteiger partial charge is 0.368 e. The third kappa shape index (κ3) is 3.18. The Labute approximate surface area is 121 Å². The van der Waals surface area contributed by atoms with Crippen molar-refractivity contribution in [2.45, 2.75) is 10.4 Å². The number of piperazine rings is 1. The molecule has 4 nitrogen and oxygen atoms in total. The Balaban J connectivity index is 0.00000200. The molecule has 2 rings (SSSR count). The lowest BCUT2D eigenvalue weighted by Gasteiger charge is -2.31. The summed E-state index contributed by atoms with van der Waals surface area (Å²) in [5, 5.41) is 3.06. The first-order chi connectivity index (χ1) is 8.84. The molecule has 114 valence electrons. The van der Waals surface area contributed by atoms with Crippen LogP contribution >= 0.6 is 12.4 Å². The molecule has 0 atom stereocenters. The van der Waals surface area contributed by atoms with Gasteiger partial charge in [-0.3, -0.25) is 0 Å². The van der Waals surface area contributed by atoms with Gasteiger partial charge in [-0.2, -0.15) is 13.2 Å². The number of anilines is 1. The summed E-state index contributed by atoms with van der Waals surface area (Å²) in [6.45, 7) is 2.18. The lowest BCUT2D eigenvalue weighted by molar-refractivity contribution is -0.0435. The van der Waals surface area contributed by atoms with Crippen molar-refractivity contribution in [2.75, 3.05) is 31.1 Å². The van der Waals surface area contributed by atoms with E-state index in [1.54, 1.807) is 4.90 Å². The molecule has 1 aromatic rings. The topological polar surface area (TPSA) is 49.4 Å². The third-order valence-electron chi connectivity index (χ3n) is 2.92. The van der Waals surface area contributed by atoms with Gasteiger partial charge in [-0.05, 0) is 12.1 Å². The summed E-state index contributed by atoms with van der Waals surface area (Å²) in [6.07, 6.45) is 0. The maximum absolute atomic E-state index is 12.6. The Morgan fingerprint density at radius 2 is 1.65 bits per heavy atom. The second-order valence-electron chi connectivity index (χ2n) is 4.15. The maximum Gasteiger partial charge on any atom is 0.501 e. The lowest BCUT2D eigenvalue weighted by Crippen LogP contribution is -2.44. The quantitative estimate of drug-likeness (QED) is 0.898. The van der Waals surface area contributed by atoms with Gasteiger partial charge in [0.25, 0.3) is 9.84 Å². The van der Waals surface area contributed by atoms with E-state index in [1.165, 1.54) is 18.2 Å². The van der Waals surface area contributed by atoms with Crippen LogP contribution in [0.25, 0.3) is 0 Å². The predicted octanol–water partition coefficient (Wildman–Crippen LogP) is 1.81. The first kappa shape index (κ1) is 17.1. The standard InChI is InChI=1S/C11H13F3N2O2S.ClH/c12-11(13,14)19(17,18)10-4-2-1-3-9(10)16-7-5-15-6-8-16;/h1-4,15H,5-8H2;1H. The normalized spacial score (nSPS) is 16.6. The molecule has 1 aromatic carbocycles. The van der Waals surface area contributed by atoms with Gasteiger partial charge in [0.2, 0.25) is 0 Å². The zero-order valence-electron chi connectivity index (χ0n) is 10.4. The maximum atomic E-state index is 12.6. The highest BCUT2D eigenvalue weighted by Crippen LogP contribution is 2.35. The van der Waals surface area contributed by atoms with Crippen molar-refractivity contribution in [3.8, 4) is 0 Å². The van der Waals surface area contributed by atoms with Crippen LogP contribution in [0.5, 0.6) is 0 Å². The van der Waals surface area contributed by atoms with Gasteiger partial charge in [0, 0.05) is 26.2 Å². The fourth-order valence-corrected chi connectivity index (χ4v) is 2.96. The number of hydrogen-bond donors (Lipinski definition) is 1. The molecule has 0 unspecified atom stereocenters. The summed E-state index contributed by atoms with van der Waals surface area (Å²) in [5.74, 6) is 0. The van der Waals surface area contributed by atoms with E-state index in [1.807, 2.05) is 0 Å². The number of nitrogens with one attached hydrogen (secondary N) is 1. The van der Waals surface area contributed by atoms with Crippen molar-refractivity contribution >= 4 is 27.9 Å². The highest BCUT2D eigenvalue weighted by Gasteiger charge is 2.48. The minimum absolute atomic E-state index is 0. The molecule has 9 heteroatoms. The Morgan fingerprint density at radius 1 is 1.10 bits per heavy atom. The van der Waals surface area contributed by atoms with E-state index >= 15 is 0 Å². The SMILES string of the molecule is Cl.O=S(=O)(c1ccccc1N1CCNCC1)C(F)(F)F. The summed E-state index contributed by atoms with van der Waals surface area (Å²) >= 11 is 0. The second kappa shape index (κ2) is 6.19. The van der Waals surface area contributed by atoms with Crippen molar-refractivity contribution in [3.05, 3.63) is 24.3 Å². The summed E-state index contributed by atoms with van der Waals surface area (Å²) < 4.78 is 61.0. The number of halogens is 4. The molecule has 1 N–H and O–H groups in total. The van der Waals surface area contributed by atoms with Crippen molar-refractivity contribution < 1.29 is 21.6 Å². The van der Waals surface area contributed by atoms with Crippen LogP contribution in [0.15, 0.2) is 29.2 Å². The molecule has 0 amide bonds. The molecule has 0 aromatic heterocycles. The van der Waals surface area contributed by atoms with Gasteiger partial charge in [-0.15, -0.1) is 12.4 Å². The largest absolute Gasteiger partial charge is 0.501 e. The third-order valence-corrected chi connectivity index (χ3v) is 4.45. The summed E-state index contributed by atoms with van der Waals surface area (Å²) in [7, 11) is -5.32. The molecular weight excluding hydrogens is 317 g/mol. The summed E-state index contributed by atoms with van der Waals surface area (Å²) in [6, 6.07) is 5.24. The number of nitrogens with zero attached hydrogens (tertiary/aromatic N) is 1. The Kier molecular flexibility index (Phi) is 5.28. The van der Waals surface area contributed by atoms with Crippen molar-refractivity contribution in [2.24, 2.45) is 0 Å². The zero-order valence-corrected chi connectivity index (χ0v) is 12.0.